The highest BCUT2D eigenvalue weighted by atomic mass is 31.2. The largest absolute Gasteiger partial charge is 0.472 e. The summed E-state index contributed by atoms with van der Waals surface area (Å²) in [5.74, 6) is -2.13. The normalized spacial score (nSPS) is 13.8. The number of esters is 4. The Balaban J connectivity index is 5.25. The van der Waals surface area contributed by atoms with E-state index in [1.54, 1.807) is 0 Å². The van der Waals surface area contributed by atoms with Gasteiger partial charge in [-0.15, -0.1) is 0 Å². The third-order valence-electron chi connectivity index (χ3n) is 20.5. The number of carbonyl (C=O) groups is 4. The van der Waals surface area contributed by atoms with Crippen molar-refractivity contribution in [1.82, 2.24) is 0 Å². The van der Waals surface area contributed by atoms with Crippen molar-refractivity contribution < 1.29 is 80.2 Å². The molecule has 2 unspecified atom stereocenters. The molecule has 17 nitrogen and oxygen atoms in total. The zero-order valence-corrected chi connectivity index (χ0v) is 72.1. The number of aliphatic hydroxyl groups excluding tert-OH is 1. The molecule has 0 aromatic heterocycles. The van der Waals surface area contributed by atoms with E-state index in [0.29, 0.717) is 25.7 Å². The Labute approximate surface area is 663 Å². The summed E-state index contributed by atoms with van der Waals surface area (Å²) >= 11 is 0. The van der Waals surface area contributed by atoms with Crippen LogP contribution in [0.5, 0.6) is 0 Å². The molecule has 3 N–H and O–H groups in total. The highest BCUT2D eigenvalue weighted by Gasteiger charge is 2.30. The van der Waals surface area contributed by atoms with Crippen LogP contribution >= 0.6 is 15.6 Å². The second kappa shape index (κ2) is 82.5. The Hall–Kier alpha value is -2.46. The molecule has 0 aromatic carbocycles. The molecular weight excluding hydrogens is 1400 g/mol. The van der Waals surface area contributed by atoms with Crippen LogP contribution < -0.4 is 0 Å². The minimum Gasteiger partial charge on any atom is -0.462 e. The van der Waals surface area contributed by atoms with Crippen LogP contribution in [-0.4, -0.2) is 96.7 Å². The van der Waals surface area contributed by atoms with Crippen molar-refractivity contribution in [2.75, 3.05) is 39.6 Å². The van der Waals surface area contributed by atoms with Crippen molar-refractivity contribution >= 4 is 39.5 Å². The monoisotopic (exact) mass is 1570 g/mol. The number of unbranched alkanes of at least 4 members (excludes halogenated alkanes) is 59. The maximum Gasteiger partial charge on any atom is 0.472 e. The fourth-order valence-electron chi connectivity index (χ4n) is 13.5. The van der Waals surface area contributed by atoms with Crippen LogP contribution in [0.4, 0.5) is 0 Å². The van der Waals surface area contributed by atoms with Gasteiger partial charge in [-0.25, -0.2) is 9.13 Å². The molecule has 0 saturated carbocycles. The summed E-state index contributed by atoms with van der Waals surface area (Å²) in [5.41, 5.74) is 0. The lowest BCUT2D eigenvalue weighted by molar-refractivity contribution is -0.161. The molecule has 0 aromatic rings. The number of phosphoric ester groups is 2. The lowest BCUT2D eigenvalue weighted by Crippen LogP contribution is -2.30. The van der Waals surface area contributed by atoms with E-state index in [9.17, 15) is 43.2 Å². The van der Waals surface area contributed by atoms with Crippen molar-refractivity contribution in [2.24, 2.45) is 0 Å². The van der Waals surface area contributed by atoms with Crippen molar-refractivity contribution in [3.63, 3.8) is 0 Å². The van der Waals surface area contributed by atoms with Gasteiger partial charge < -0.3 is 33.8 Å². The summed E-state index contributed by atoms with van der Waals surface area (Å²) in [7, 11) is -9.94. The van der Waals surface area contributed by atoms with Crippen molar-refractivity contribution in [2.45, 2.75) is 483 Å². The first-order chi connectivity index (χ1) is 52.7. The van der Waals surface area contributed by atoms with Gasteiger partial charge in [0.1, 0.15) is 19.3 Å². The smallest absolute Gasteiger partial charge is 0.462 e. The number of hydrogen-bond donors (Lipinski definition) is 3. The van der Waals surface area contributed by atoms with E-state index in [-0.39, 0.29) is 25.7 Å². The predicted molar refractivity (Wildman–Crippen MR) is 446 cm³/mol. The third kappa shape index (κ3) is 81.6. The summed E-state index contributed by atoms with van der Waals surface area (Å²) in [5, 5.41) is 10.7. The second-order valence-corrected chi connectivity index (χ2v) is 34.2. The average Bonchev–Trinajstić information content (AvgIpc) is 0.901. The molecule has 0 aliphatic carbocycles. The molecule has 5 atom stereocenters. The summed E-state index contributed by atoms with van der Waals surface area (Å²) in [6.45, 7) is 5.00. The maximum atomic E-state index is 13.2. The fourth-order valence-corrected chi connectivity index (χ4v) is 15.1. The van der Waals surface area contributed by atoms with Crippen molar-refractivity contribution in [3.8, 4) is 0 Å². The van der Waals surface area contributed by atoms with Crippen LogP contribution in [0.3, 0.4) is 0 Å². The minimum absolute atomic E-state index is 0.0860. The molecule has 0 saturated heterocycles. The highest BCUT2D eigenvalue weighted by molar-refractivity contribution is 7.47. The first-order valence-electron chi connectivity index (χ1n) is 45.6. The number of aliphatic hydroxyl groups is 1. The Kier molecular flexibility index (Phi) is 80.6. The molecule has 19 heteroatoms. The first-order valence-corrected chi connectivity index (χ1v) is 48.6. The van der Waals surface area contributed by atoms with E-state index in [4.69, 9.17) is 37.0 Å². The number of rotatable bonds is 88. The molecule has 0 rings (SSSR count). The van der Waals surface area contributed by atoms with Gasteiger partial charge in [-0.3, -0.25) is 37.3 Å². The lowest BCUT2D eigenvalue weighted by Gasteiger charge is -2.21. The fraction of sp³-hybridized carbons (Fsp3) is 0.910. The quantitative estimate of drug-likeness (QED) is 0.0169. The minimum atomic E-state index is -4.97. The zero-order valence-electron chi connectivity index (χ0n) is 70.3. The van der Waals surface area contributed by atoms with Gasteiger partial charge in [-0.2, -0.15) is 0 Å². The van der Waals surface area contributed by atoms with Crippen LogP contribution in [0.15, 0.2) is 24.3 Å². The first kappa shape index (κ1) is 106. The molecule has 0 spiro atoms. The Morgan fingerprint density at radius 1 is 0.259 bits per heavy atom. The van der Waals surface area contributed by atoms with Gasteiger partial charge in [0.15, 0.2) is 12.2 Å². The molecule has 0 radical (unpaired) electrons. The lowest BCUT2D eigenvalue weighted by atomic mass is 10.0. The van der Waals surface area contributed by atoms with Gasteiger partial charge in [0, 0.05) is 25.7 Å². The molecule has 638 valence electrons. The standard InChI is InChI=1S/C89H170O17P2/c1-5-9-13-17-21-25-29-32-35-37-39-41-42-44-46-49-52-56-60-64-68-72-76-89(94)106-85(80-100-87(92)74-70-66-62-58-54-50-48-45-43-40-38-36-33-30-26-22-18-14-10-6-2)82-104-108(97,98)102-78-83(90)77-101-107(95,96)103-81-84(79-99-86(91)73-69-65-61-57-53-28-24-20-16-12-8-4)105-88(93)75-71-67-63-59-55-51-47-34-31-27-23-19-15-11-7-3/h27,31,34,47,83-85,90H,5-26,28-30,32-33,35-46,48-82H2,1-4H3,(H,95,96)(H,97,98)/b31-27-,47-34-/t83-,84+,85+/m0/s1. The van der Waals surface area contributed by atoms with E-state index < -0.39 is 97.5 Å². The molecule has 0 bridgehead atoms. The molecule has 0 aliphatic heterocycles. The van der Waals surface area contributed by atoms with Gasteiger partial charge in [0.25, 0.3) is 0 Å². The summed E-state index contributed by atoms with van der Waals surface area (Å²) in [4.78, 5) is 73.3. The Morgan fingerprint density at radius 3 is 0.676 bits per heavy atom. The highest BCUT2D eigenvalue weighted by Crippen LogP contribution is 2.45. The van der Waals surface area contributed by atoms with Crippen LogP contribution in [0.2, 0.25) is 0 Å². The molecule has 0 amide bonds. The van der Waals surface area contributed by atoms with Gasteiger partial charge in [-0.05, 0) is 51.4 Å². The van der Waals surface area contributed by atoms with E-state index >= 15 is 0 Å². The Bertz CT molecular complexity index is 2130. The summed E-state index contributed by atoms with van der Waals surface area (Å²) in [6.07, 6.45) is 81.5. The van der Waals surface area contributed by atoms with E-state index in [1.165, 1.54) is 283 Å². The van der Waals surface area contributed by atoms with Crippen LogP contribution in [0, 0.1) is 0 Å². The average molecular weight is 1570 g/mol. The maximum absolute atomic E-state index is 13.2. The van der Waals surface area contributed by atoms with Gasteiger partial charge in [0.2, 0.25) is 0 Å². The number of carbonyl (C=O) groups excluding carboxylic acids is 4. The molecule has 0 aliphatic rings. The van der Waals surface area contributed by atoms with Crippen molar-refractivity contribution in [3.05, 3.63) is 24.3 Å². The van der Waals surface area contributed by atoms with Crippen molar-refractivity contribution in [1.29, 1.82) is 0 Å². The molecule has 0 heterocycles. The van der Waals surface area contributed by atoms with E-state index in [0.717, 1.165) is 103 Å². The number of phosphoric acid groups is 2. The van der Waals surface area contributed by atoms with Gasteiger partial charge in [0.05, 0.1) is 26.4 Å². The molecule has 0 fully saturated rings. The van der Waals surface area contributed by atoms with Crippen LogP contribution in [0.25, 0.3) is 0 Å². The topological polar surface area (TPSA) is 237 Å². The number of ether oxygens (including phenoxy) is 4. The predicted octanol–water partition coefficient (Wildman–Crippen LogP) is 27.2. The molecular formula is C89H170O17P2. The second-order valence-electron chi connectivity index (χ2n) is 31.3. The Morgan fingerprint density at radius 2 is 0.444 bits per heavy atom. The van der Waals surface area contributed by atoms with E-state index in [2.05, 4.69) is 52.0 Å². The summed E-state index contributed by atoms with van der Waals surface area (Å²) < 4.78 is 68.9. The number of hydrogen-bond acceptors (Lipinski definition) is 15. The van der Waals surface area contributed by atoms with Gasteiger partial charge in [-0.1, -0.05) is 412 Å². The summed E-state index contributed by atoms with van der Waals surface area (Å²) in [6, 6.07) is 0. The molecule has 108 heavy (non-hydrogen) atoms. The third-order valence-corrected chi connectivity index (χ3v) is 22.4. The van der Waals surface area contributed by atoms with Gasteiger partial charge >= 0.3 is 39.5 Å². The van der Waals surface area contributed by atoms with Crippen LogP contribution in [-0.2, 0) is 65.4 Å². The zero-order chi connectivity index (χ0) is 78.9. The van der Waals surface area contributed by atoms with E-state index in [1.807, 2.05) is 0 Å². The number of allylic oxidation sites excluding steroid dienone is 4. The SMILES string of the molecule is CCCCCC/C=C\C=C/CCCCCCCC(=O)O[C@H](COC(=O)CCCCCCCCCCCCC)COP(=O)(O)OC[C@H](O)COP(=O)(O)OC[C@@H](COC(=O)CCCCCCCCCCCCCCCCCCCCCC)OC(=O)CCCCCCCCCCCCCCCCCCCCCCCC. The van der Waals surface area contributed by atoms with Crippen LogP contribution in [0.1, 0.15) is 464 Å².